The molecule has 5 nitrogen and oxygen atoms in total. The van der Waals surface area contributed by atoms with Crippen LogP contribution in [0.15, 0.2) is 42.5 Å². The summed E-state index contributed by atoms with van der Waals surface area (Å²) in [5.74, 6) is 1.97. The smallest absolute Gasteiger partial charge is 0.231 e. The Balaban J connectivity index is 1.30. The van der Waals surface area contributed by atoms with E-state index >= 15 is 0 Å². The number of rotatable bonds is 6. The largest absolute Gasteiger partial charge is 0.454 e. The van der Waals surface area contributed by atoms with Crippen molar-refractivity contribution in [2.24, 2.45) is 5.92 Å². The average molecular weight is 398 g/mol. The topological polar surface area (TPSA) is 42.0 Å². The summed E-state index contributed by atoms with van der Waals surface area (Å²) >= 11 is 0. The minimum Gasteiger partial charge on any atom is -0.454 e. The Labute approximate surface area is 171 Å². The highest BCUT2D eigenvalue weighted by atomic mass is 19.1. The van der Waals surface area contributed by atoms with Crippen LogP contribution >= 0.6 is 0 Å². The van der Waals surface area contributed by atoms with Crippen molar-refractivity contribution in [2.75, 3.05) is 33.0 Å². The quantitative estimate of drug-likeness (QED) is 0.747. The summed E-state index contributed by atoms with van der Waals surface area (Å²) in [6.45, 7) is 6.22. The van der Waals surface area contributed by atoms with Gasteiger partial charge in [-0.1, -0.05) is 25.1 Å². The lowest BCUT2D eigenvalue weighted by Gasteiger charge is -2.24. The van der Waals surface area contributed by atoms with Gasteiger partial charge in [0.1, 0.15) is 5.82 Å². The van der Waals surface area contributed by atoms with Gasteiger partial charge in [-0.25, -0.2) is 4.39 Å². The Hall–Kier alpha value is -2.60. The van der Waals surface area contributed by atoms with Gasteiger partial charge in [-0.15, -0.1) is 0 Å². The predicted molar refractivity (Wildman–Crippen MR) is 108 cm³/mol. The van der Waals surface area contributed by atoms with Gasteiger partial charge < -0.3 is 19.3 Å². The Morgan fingerprint density at radius 3 is 2.76 bits per heavy atom. The van der Waals surface area contributed by atoms with Crippen LogP contribution in [-0.2, 0) is 17.8 Å². The van der Waals surface area contributed by atoms with Gasteiger partial charge in [0, 0.05) is 39.1 Å². The molecule has 2 heterocycles. The maximum Gasteiger partial charge on any atom is 0.231 e. The van der Waals surface area contributed by atoms with E-state index in [-0.39, 0.29) is 11.7 Å². The van der Waals surface area contributed by atoms with Gasteiger partial charge in [0.15, 0.2) is 11.5 Å². The van der Waals surface area contributed by atoms with Crippen LogP contribution in [-0.4, -0.2) is 48.7 Å². The predicted octanol–water partition coefficient (Wildman–Crippen LogP) is 3.47. The van der Waals surface area contributed by atoms with Crippen molar-refractivity contribution in [3.8, 4) is 11.5 Å². The van der Waals surface area contributed by atoms with E-state index in [1.54, 1.807) is 6.07 Å². The Kier molecular flexibility index (Phi) is 6.00. The highest BCUT2D eigenvalue weighted by Gasteiger charge is 2.22. The van der Waals surface area contributed by atoms with Crippen LogP contribution in [0.3, 0.4) is 0 Å². The molecule has 0 saturated carbocycles. The molecule has 0 aromatic heterocycles. The molecule has 0 N–H and O–H groups in total. The second-order valence-electron chi connectivity index (χ2n) is 7.99. The molecule has 0 unspecified atom stereocenters. The Morgan fingerprint density at radius 2 is 1.90 bits per heavy atom. The molecule has 2 aliphatic heterocycles. The molecule has 6 heteroatoms. The lowest BCUT2D eigenvalue weighted by molar-refractivity contribution is -0.130. The highest BCUT2D eigenvalue weighted by Crippen LogP contribution is 2.33. The first kappa shape index (κ1) is 19.7. The molecular formula is C23H27FN2O3. The maximum atomic E-state index is 13.4. The van der Waals surface area contributed by atoms with E-state index in [9.17, 15) is 9.18 Å². The van der Waals surface area contributed by atoms with Crippen molar-refractivity contribution in [3.63, 3.8) is 0 Å². The van der Waals surface area contributed by atoms with Gasteiger partial charge >= 0.3 is 0 Å². The van der Waals surface area contributed by atoms with E-state index in [0.717, 1.165) is 43.1 Å². The molecule has 0 spiro atoms. The summed E-state index contributed by atoms with van der Waals surface area (Å²) in [4.78, 5) is 16.7. The second-order valence-corrected chi connectivity index (χ2v) is 7.99. The molecule has 1 amide bonds. The maximum absolute atomic E-state index is 13.4. The van der Waals surface area contributed by atoms with Crippen LogP contribution in [0.1, 0.15) is 24.5 Å². The van der Waals surface area contributed by atoms with Gasteiger partial charge in [-0.3, -0.25) is 4.79 Å². The van der Waals surface area contributed by atoms with E-state index in [0.29, 0.717) is 32.2 Å². The lowest BCUT2D eigenvalue weighted by Crippen LogP contribution is -2.34. The molecule has 154 valence electrons. The molecule has 2 aromatic rings. The zero-order chi connectivity index (χ0) is 20.2. The van der Waals surface area contributed by atoms with Crippen molar-refractivity contribution in [1.29, 1.82) is 0 Å². The van der Waals surface area contributed by atoms with Gasteiger partial charge in [0.05, 0.1) is 0 Å². The van der Waals surface area contributed by atoms with Crippen molar-refractivity contribution < 1.29 is 18.7 Å². The van der Waals surface area contributed by atoms with Crippen LogP contribution < -0.4 is 9.47 Å². The van der Waals surface area contributed by atoms with Gasteiger partial charge in [0.2, 0.25) is 12.7 Å². The molecule has 0 radical (unpaired) electrons. The molecule has 1 atom stereocenters. The molecule has 0 aliphatic carbocycles. The van der Waals surface area contributed by atoms with E-state index < -0.39 is 0 Å². The number of fused-ring (bicyclic) bond motifs is 1. The van der Waals surface area contributed by atoms with Crippen LogP contribution in [0.2, 0.25) is 0 Å². The summed E-state index contributed by atoms with van der Waals surface area (Å²) in [5.41, 5.74) is 2.07. The van der Waals surface area contributed by atoms with Gasteiger partial charge in [0.25, 0.3) is 0 Å². The van der Waals surface area contributed by atoms with E-state index in [1.165, 1.54) is 17.7 Å². The first-order valence-corrected chi connectivity index (χ1v) is 10.2. The average Bonchev–Trinajstić information content (AvgIpc) is 3.09. The van der Waals surface area contributed by atoms with E-state index in [2.05, 4.69) is 24.0 Å². The zero-order valence-corrected chi connectivity index (χ0v) is 16.8. The molecule has 0 bridgehead atoms. The summed E-state index contributed by atoms with van der Waals surface area (Å²) < 4.78 is 24.3. The number of hydrogen-bond acceptors (Lipinski definition) is 4. The number of amides is 1. The third kappa shape index (κ3) is 5.07. The molecule has 1 fully saturated rings. The number of carbonyl (C=O) groups excluding carboxylic acids is 1. The minimum absolute atomic E-state index is 0.139. The minimum atomic E-state index is -0.260. The van der Waals surface area contributed by atoms with Gasteiger partial charge in [-0.2, -0.15) is 0 Å². The van der Waals surface area contributed by atoms with Crippen LogP contribution in [0, 0.1) is 11.7 Å². The SMILES string of the molecule is C[C@@H](Cc1ccc2c(c1)OCO2)CN1CCC(=O)N(Cc2cccc(F)c2)CC1. The highest BCUT2D eigenvalue weighted by molar-refractivity contribution is 5.76. The molecule has 2 aromatic carbocycles. The standard InChI is InChI=1S/C23H27FN2O3/c1-17(11-18-5-6-21-22(13-18)29-16-28-21)14-25-8-7-23(27)26(10-9-25)15-19-3-2-4-20(24)12-19/h2-6,12-13,17H,7-11,14-16H2,1H3/t17-/m0/s1. The van der Waals surface area contributed by atoms with Crippen LogP contribution in [0.25, 0.3) is 0 Å². The van der Waals surface area contributed by atoms with Crippen molar-refractivity contribution >= 4 is 5.91 Å². The third-order valence-electron chi connectivity index (χ3n) is 5.53. The molecule has 1 saturated heterocycles. The van der Waals surface area contributed by atoms with Crippen LogP contribution in [0.5, 0.6) is 11.5 Å². The summed E-state index contributed by atoms with van der Waals surface area (Å²) in [6.07, 6.45) is 1.46. The molecule has 2 aliphatic rings. The number of nitrogens with zero attached hydrogens (tertiary/aromatic N) is 2. The van der Waals surface area contributed by atoms with Crippen molar-refractivity contribution in [2.45, 2.75) is 26.3 Å². The number of hydrogen-bond donors (Lipinski definition) is 0. The summed E-state index contributed by atoms with van der Waals surface area (Å²) in [5, 5.41) is 0. The molecular weight excluding hydrogens is 371 g/mol. The summed E-state index contributed by atoms with van der Waals surface area (Å²) in [6, 6.07) is 12.6. The molecule has 4 rings (SSSR count). The fourth-order valence-corrected chi connectivity index (χ4v) is 4.09. The normalized spacial score (nSPS) is 18.0. The monoisotopic (exact) mass is 398 g/mol. The van der Waals surface area contributed by atoms with E-state index in [4.69, 9.17) is 9.47 Å². The summed E-state index contributed by atoms with van der Waals surface area (Å²) in [7, 11) is 0. The number of ether oxygens (including phenoxy) is 2. The molecule has 29 heavy (non-hydrogen) atoms. The fraction of sp³-hybridized carbons (Fsp3) is 0.435. The van der Waals surface area contributed by atoms with Crippen molar-refractivity contribution in [3.05, 3.63) is 59.4 Å². The third-order valence-corrected chi connectivity index (χ3v) is 5.53. The first-order valence-electron chi connectivity index (χ1n) is 10.2. The Morgan fingerprint density at radius 1 is 1.03 bits per heavy atom. The Bertz CT molecular complexity index is 873. The fourth-order valence-electron chi connectivity index (χ4n) is 4.09. The number of benzene rings is 2. The van der Waals surface area contributed by atoms with Crippen molar-refractivity contribution in [1.82, 2.24) is 9.80 Å². The van der Waals surface area contributed by atoms with E-state index in [1.807, 2.05) is 17.0 Å². The lowest BCUT2D eigenvalue weighted by atomic mass is 10.00. The van der Waals surface area contributed by atoms with Gasteiger partial charge in [-0.05, 0) is 47.7 Å². The first-order chi connectivity index (χ1) is 14.1. The zero-order valence-electron chi connectivity index (χ0n) is 16.8. The number of halogens is 1. The number of carbonyl (C=O) groups is 1. The van der Waals surface area contributed by atoms with Crippen LogP contribution in [0.4, 0.5) is 4.39 Å². The second kappa shape index (κ2) is 8.82.